The molecule has 3 heteroatoms. The van der Waals surface area contributed by atoms with Gasteiger partial charge in [-0.25, -0.2) is 0 Å². The minimum absolute atomic E-state index is 0.602. The molecule has 1 aromatic heterocycles. The van der Waals surface area contributed by atoms with E-state index >= 15 is 0 Å². The molecule has 2 heterocycles. The SMILES string of the molecule is Cc1ccsc1C1C(CN)CCCCN1C1CC1. The van der Waals surface area contributed by atoms with E-state index in [0.717, 1.165) is 12.6 Å². The van der Waals surface area contributed by atoms with Crippen molar-refractivity contribution in [3.05, 3.63) is 21.9 Å². The van der Waals surface area contributed by atoms with Gasteiger partial charge in [0.1, 0.15) is 0 Å². The average molecular weight is 264 g/mol. The number of thiophene rings is 1. The Morgan fingerprint density at radius 2 is 2.17 bits per heavy atom. The van der Waals surface area contributed by atoms with Crippen LogP contribution in [0.25, 0.3) is 0 Å². The molecule has 2 N–H and O–H groups in total. The summed E-state index contributed by atoms with van der Waals surface area (Å²) in [7, 11) is 0. The third-order valence-corrected chi connectivity index (χ3v) is 5.62. The molecule has 0 bridgehead atoms. The van der Waals surface area contributed by atoms with E-state index in [0.29, 0.717) is 12.0 Å². The van der Waals surface area contributed by atoms with Crippen LogP contribution in [0.2, 0.25) is 0 Å². The molecule has 1 saturated heterocycles. The summed E-state index contributed by atoms with van der Waals surface area (Å²) in [5, 5.41) is 2.24. The summed E-state index contributed by atoms with van der Waals surface area (Å²) in [6, 6.07) is 3.72. The number of hydrogen-bond acceptors (Lipinski definition) is 3. The lowest BCUT2D eigenvalue weighted by molar-refractivity contribution is 0.151. The molecule has 2 fully saturated rings. The highest BCUT2D eigenvalue weighted by Crippen LogP contribution is 2.44. The molecule has 1 saturated carbocycles. The molecule has 2 aliphatic rings. The van der Waals surface area contributed by atoms with E-state index in [2.05, 4.69) is 23.3 Å². The number of hydrogen-bond donors (Lipinski definition) is 1. The maximum Gasteiger partial charge on any atom is 0.0487 e. The lowest BCUT2D eigenvalue weighted by atomic mass is 9.92. The summed E-state index contributed by atoms with van der Waals surface area (Å²) in [5.74, 6) is 0.658. The Morgan fingerprint density at radius 3 is 2.78 bits per heavy atom. The van der Waals surface area contributed by atoms with Crippen LogP contribution in [0.15, 0.2) is 11.4 Å². The molecule has 18 heavy (non-hydrogen) atoms. The number of nitrogens with zero attached hydrogens (tertiary/aromatic N) is 1. The monoisotopic (exact) mass is 264 g/mol. The molecular formula is C15H24N2S. The van der Waals surface area contributed by atoms with E-state index in [4.69, 9.17) is 5.73 Å². The van der Waals surface area contributed by atoms with Crippen LogP contribution < -0.4 is 5.73 Å². The highest BCUT2D eigenvalue weighted by Gasteiger charge is 2.39. The Balaban J connectivity index is 1.93. The van der Waals surface area contributed by atoms with Crippen molar-refractivity contribution < 1.29 is 0 Å². The number of nitrogens with two attached hydrogens (primary N) is 1. The summed E-state index contributed by atoms with van der Waals surface area (Å²) in [4.78, 5) is 4.36. The lowest BCUT2D eigenvalue weighted by Gasteiger charge is -2.34. The molecule has 100 valence electrons. The standard InChI is InChI=1S/C15H24N2S/c1-11-7-9-18-15(11)14-12(10-16)4-2-3-8-17(14)13-5-6-13/h7,9,12-14H,2-6,8,10,16H2,1H3. The van der Waals surface area contributed by atoms with Crippen molar-refractivity contribution in [1.82, 2.24) is 4.90 Å². The summed E-state index contributed by atoms with van der Waals surface area (Å²) in [6.45, 7) is 4.38. The topological polar surface area (TPSA) is 29.3 Å². The Labute approximate surface area is 114 Å². The van der Waals surface area contributed by atoms with Gasteiger partial charge in [-0.2, -0.15) is 0 Å². The minimum atomic E-state index is 0.602. The first-order chi connectivity index (χ1) is 8.81. The van der Waals surface area contributed by atoms with E-state index in [1.807, 2.05) is 11.3 Å². The van der Waals surface area contributed by atoms with Crippen molar-refractivity contribution in [2.45, 2.75) is 51.1 Å². The van der Waals surface area contributed by atoms with Crippen LogP contribution in [0.3, 0.4) is 0 Å². The number of rotatable bonds is 3. The van der Waals surface area contributed by atoms with Crippen molar-refractivity contribution in [2.75, 3.05) is 13.1 Å². The van der Waals surface area contributed by atoms with Gasteiger partial charge in [0.15, 0.2) is 0 Å². The van der Waals surface area contributed by atoms with Crippen LogP contribution >= 0.6 is 11.3 Å². The van der Waals surface area contributed by atoms with E-state index < -0.39 is 0 Å². The highest BCUT2D eigenvalue weighted by molar-refractivity contribution is 7.10. The van der Waals surface area contributed by atoms with Crippen LogP contribution in [0.1, 0.15) is 48.6 Å². The summed E-state index contributed by atoms with van der Waals surface area (Å²) in [5.41, 5.74) is 7.55. The number of aryl methyl sites for hydroxylation is 1. The molecule has 2 nitrogen and oxygen atoms in total. The van der Waals surface area contributed by atoms with Gasteiger partial charge in [0.2, 0.25) is 0 Å². The van der Waals surface area contributed by atoms with Gasteiger partial charge in [0, 0.05) is 17.0 Å². The smallest absolute Gasteiger partial charge is 0.0487 e. The third-order valence-electron chi connectivity index (χ3n) is 4.53. The summed E-state index contributed by atoms with van der Waals surface area (Å²) >= 11 is 1.94. The first-order valence-corrected chi connectivity index (χ1v) is 8.19. The molecular weight excluding hydrogens is 240 g/mol. The molecule has 0 amide bonds. The molecule has 0 radical (unpaired) electrons. The fraction of sp³-hybridized carbons (Fsp3) is 0.733. The predicted octanol–water partition coefficient (Wildman–Crippen LogP) is 3.32. The summed E-state index contributed by atoms with van der Waals surface area (Å²) < 4.78 is 0. The van der Waals surface area contributed by atoms with Crippen molar-refractivity contribution in [2.24, 2.45) is 11.7 Å². The zero-order valence-corrected chi connectivity index (χ0v) is 12.1. The zero-order valence-electron chi connectivity index (χ0n) is 11.3. The van der Waals surface area contributed by atoms with Gasteiger partial charge in [0.05, 0.1) is 0 Å². The first kappa shape index (κ1) is 12.6. The molecule has 2 atom stereocenters. The van der Waals surface area contributed by atoms with Gasteiger partial charge in [-0.1, -0.05) is 6.42 Å². The zero-order chi connectivity index (χ0) is 12.5. The molecule has 1 aromatic rings. The van der Waals surface area contributed by atoms with Gasteiger partial charge in [-0.3, -0.25) is 4.90 Å². The Hall–Kier alpha value is -0.380. The molecule has 0 aromatic carbocycles. The van der Waals surface area contributed by atoms with Crippen molar-refractivity contribution in [3.63, 3.8) is 0 Å². The van der Waals surface area contributed by atoms with E-state index in [9.17, 15) is 0 Å². The van der Waals surface area contributed by atoms with Crippen LogP contribution in [0.4, 0.5) is 0 Å². The van der Waals surface area contributed by atoms with Crippen molar-refractivity contribution >= 4 is 11.3 Å². The average Bonchev–Trinajstić information content (AvgIpc) is 3.15. The second-order valence-corrected chi connectivity index (χ2v) is 6.82. The summed E-state index contributed by atoms with van der Waals surface area (Å²) in [6.07, 6.45) is 6.82. The van der Waals surface area contributed by atoms with Crippen LogP contribution in [0, 0.1) is 12.8 Å². The van der Waals surface area contributed by atoms with Crippen LogP contribution in [-0.4, -0.2) is 24.0 Å². The fourth-order valence-corrected chi connectivity index (χ4v) is 4.52. The molecule has 3 rings (SSSR count). The molecule has 1 aliphatic heterocycles. The Kier molecular flexibility index (Phi) is 3.73. The quantitative estimate of drug-likeness (QED) is 0.907. The maximum atomic E-state index is 6.08. The van der Waals surface area contributed by atoms with Crippen molar-refractivity contribution in [3.8, 4) is 0 Å². The van der Waals surface area contributed by atoms with Gasteiger partial charge in [0.25, 0.3) is 0 Å². The first-order valence-electron chi connectivity index (χ1n) is 7.31. The van der Waals surface area contributed by atoms with Crippen LogP contribution in [-0.2, 0) is 0 Å². The van der Waals surface area contributed by atoms with Crippen molar-refractivity contribution in [1.29, 1.82) is 0 Å². The lowest BCUT2D eigenvalue weighted by Crippen LogP contribution is -2.37. The van der Waals surface area contributed by atoms with E-state index in [1.165, 1.54) is 44.2 Å². The second-order valence-electron chi connectivity index (χ2n) is 5.87. The highest BCUT2D eigenvalue weighted by atomic mass is 32.1. The van der Waals surface area contributed by atoms with Gasteiger partial charge in [-0.15, -0.1) is 11.3 Å². The van der Waals surface area contributed by atoms with Crippen LogP contribution in [0.5, 0.6) is 0 Å². The maximum absolute atomic E-state index is 6.08. The fourth-order valence-electron chi connectivity index (χ4n) is 3.38. The molecule has 2 unspecified atom stereocenters. The Morgan fingerprint density at radius 1 is 1.33 bits per heavy atom. The third kappa shape index (κ3) is 2.36. The normalized spacial score (nSPS) is 30.3. The number of likely N-dealkylation sites (tertiary alicyclic amines) is 1. The van der Waals surface area contributed by atoms with Gasteiger partial charge < -0.3 is 5.73 Å². The van der Waals surface area contributed by atoms with E-state index in [1.54, 1.807) is 4.88 Å². The molecule has 1 aliphatic carbocycles. The minimum Gasteiger partial charge on any atom is -0.330 e. The second kappa shape index (κ2) is 5.32. The molecule has 0 spiro atoms. The van der Waals surface area contributed by atoms with E-state index in [-0.39, 0.29) is 0 Å². The Bertz CT molecular complexity index is 397. The largest absolute Gasteiger partial charge is 0.330 e. The van der Waals surface area contributed by atoms with Gasteiger partial charge in [-0.05, 0) is 68.6 Å². The van der Waals surface area contributed by atoms with Gasteiger partial charge >= 0.3 is 0 Å². The predicted molar refractivity (Wildman–Crippen MR) is 77.9 cm³/mol.